The highest BCUT2D eigenvalue weighted by Gasteiger charge is 2.15. The topological polar surface area (TPSA) is 36.4 Å². The number of aryl methyl sites for hydroxylation is 1. The Morgan fingerprint density at radius 2 is 2.00 bits per heavy atom. The molecule has 0 spiro atoms. The molecular formula is C18H22N2O. The molecule has 3 heteroatoms. The third-order valence-corrected chi connectivity index (χ3v) is 4.22. The molecule has 2 heterocycles. The summed E-state index contributed by atoms with van der Waals surface area (Å²) in [5, 5.41) is 9.83. The molecular weight excluding hydrogens is 260 g/mol. The summed E-state index contributed by atoms with van der Waals surface area (Å²) in [7, 11) is 0. The van der Waals surface area contributed by atoms with Gasteiger partial charge < -0.3 is 10.0 Å². The minimum absolute atomic E-state index is 0.455. The average Bonchev–Trinajstić information content (AvgIpc) is 2.76. The van der Waals surface area contributed by atoms with Crippen molar-refractivity contribution in [1.82, 2.24) is 4.98 Å². The normalized spacial score (nSPS) is 16.2. The molecule has 0 unspecified atom stereocenters. The fourth-order valence-electron chi connectivity index (χ4n) is 2.91. The number of hydrogen-bond donors (Lipinski definition) is 1. The van der Waals surface area contributed by atoms with E-state index in [2.05, 4.69) is 40.2 Å². The van der Waals surface area contributed by atoms with Gasteiger partial charge >= 0.3 is 0 Å². The van der Waals surface area contributed by atoms with E-state index in [-0.39, 0.29) is 0 Å². The summed E-state index contributed by atoms with van der Waals surface area (Å²) >= 11 is 0. The molecule has 1 aliphatic heterocycles. The van der Waals surface area contributed by atoms with E-state index in [1.807, 2.05) is 19.2 Å². The third-order valence-electron chi connectivity index (χ3n) is 4.22. The molecule has 1 aromatic heterocycles. The van der Waals surface area contributed by atoms with Crippen molar-refractivity contribution in [2.45, 2.75) is 38.8 Å². The maximum Gasteiger partial charge on any atom is 0.0957 e. The molecule has 0 fully saturated rings. The van der Waals surface area contributed by atoms with Gasteiger partial charge in [0.25, 0.3) is 0 Å². The zero-order chi connectivity index (χ0) is 14.7. The first-order chi connectivity index (χ1) is 10.3. The van der Waals surface area contributed by atoms with Gasteiger partial charge in [0.2, 0.25) is 0 Å². The predicted octanol–water partition coefficient (Wildman–Crippen LogP) is 3.48. The standard InChI is InChI=1S/C18H22N2O/c1-2-18(21)17-10-9-16(12-19-17)20-11-5-8-14-6-3-4-7-15(14)13-20/h3-4,6-7,9-10,12,18,21H,2,5,8,11,13H2,1H3/t18-/m1/s1. The van der Waals surface area contributed by atoms with Gasteiger partial charge in [0.1, 0.15) is 0 Å². The Labute approximate surface area is 126 Å². The van der Waals surface area contributed by atoms with Gasteiger partial charge in [-0.3, -0.25) is 4.98 Å². The molecule has 0 saturated carbocycles. The lowest BCUT2D eigenvalue weighted by Crippen LogP contribution is -2.22. The van der Waals surface area contributed by atoms with Gasteiger partial charge in [0.15, 0.2) is 0 Å². The molecule has 3 rings (SSSR count). The van der Waals surface area contributed by atoms with Gasteiger partial charge in [-0.2, -0.15) is 0 Å². The largest absolute Gasteiger partial charge is 0.387 e. The van der Waals surface area contributed by atoms with Crippen molar-refractivity contribution in [1.29, 1.82) is 0 Å². The molecule has 1 N–H and O–H groups in total. The smallest absolute Gasteiger partial charge is 0.0957 e. The van der Waals surface area contributed by atoms with Crippen LogP contribution < -0.4 is 4.90 Å². The first-order valence-corrected chi connectivity index (χ1v) is 7.73. The molecule has 1 aromatic carbocycles. The molecule has 0 bridgehead atoms. The van der Waals surface area contributed by atoms with Gasteiger partial charge in [-0.05, 0) is 42.5 Å². The van der Waals surface area contributed by atoms with E-state index in [1.165, 1.54) is 11.1 Å². The Balaban J connectivity index is 1.81. The number of benzene rings is 1. The first kappa shape index (κ1) is 14.1. The number of pyridine rings is 1. The zero-order valence-corrected chi connectivity index (χ0v) is 12.5. The van der Waals surface area contributed by atoms with Crippen LogP contribution in [0, 0.1) is 0 Å². The van der Waals surface area contributed by atoms with E-state index >= 15 is 0 Å². The summed E-state index contributed by atoms with van der Waals surface area (Å²) in [6.45, 7) is 3.95. The quantitative estimate of drug-likeness (QED) is 0.936. The van der Waals surface area contributed by atoms with E-state index in [9.17, 15) is 5.11 Å². The Morgan fingerprint density at radius 3 is 2.71 bits per heavy atom. The van der Waals surface area contributed by atoms with Gasteiger partial charge in [-0.1, -0.05) is 31.2 Å². The van der Waals surface area contributed by atoms with Gasteiger partial charge in [-0.15, -0.1) is 0 Å². The second-order valence-electron chi connectivity index (χ2n) is 5.66. The van der Waals surface area contributed by atoms with Crippen molar-refractivity contribution in [3.8, 4) is 0 Å². The average molecular weight is 282 g/mol. The van der Waals surface area contributed by atoms with Crippen LogP contribution in [-0.4, -0.2) is 16.6 Å². The van der Waals surface area contributed by atoms with E-state index in [0.29, 0.717) is 6.42 Å². The fourth-order valence-corrected chi connectivity index (χ4v) is 2.91. The summed E-state index contributed by atoms with van der Waals surface area (Å²) in [6, 6.07) is 12.7. The second-order valence-corrected chi connectivity index (χ2v) is 5.66. The van der Waals surface area contributed by atoms with Crippen LogP contribution in [0.25, 0.3) is 0 Å². The molecule has 3 nitrogen and oxygen atoms in total. The lowest BCUT2D eigenvalue weighted by Gasteiger charge is -2.23. The van der Waals surface area contributed by atoms with E-state index in [0.717, 1.165) is 37.3 Å². The summed E-state index contributed by atoms with van der Waals surface area (Å²) in [4.78, 5) is 6.80. The van der Waals surface area contributed by atoms with Gasteiger partial charge in [0, 0.05) is 13.1 Å². The first-order valence-electron chi connectivity index (χ1n) is 7.73. The highest BCUT2D eigenvalue weighted by molar-refractivity contribution is 5.47. The van der Waals surface area contributed by atoms with E-state index in [1.54, 1.807) is 0 Å². The minimum Gasteiger partial charge on any atom is -0.387 e. The highest BCUT2D eigenvalue weighted by atomic mass is 16.3. The van der Waals surface area contributed by atoms with Crippen molar-refractivity contribution >= 4 is 5.69 Å². The molecule has 0 aliphatic carbocycles. The van der Waals surface area contributed by atoms with Crippen molar-refractivity contribution in [3.63, 3.8) is 0 Å². The Morgan fingerprint density at radius 1 is 1.19 bits per heavy atom. The monoisotopic (exact) mass is 282 g/mol. The van der Waals surface area contributed by atoms with Crippen molar-refractivity contribution < 1.29 is 5.11 Å². The number of fused-ring (bicyclic) bond motifs is 1. The number of anilines is 1. The number of hydrogen-bond acceptors (Lipinski definition) is 3. The molecule has 2 aromatic rings. The van der Waals surface area contributed by atoms with Crippen LogP contribution in [0.2, 0.25) is 0 Å². The molecule has 1 aliphatic rings. The SMILES string of the molecule is CC[C@@H](O)c1ccc(N2CCCc3ccccc3C2)cn1. The van der Waals surface area contributed by atoms with Gasteiger partial charge in [0.05, 0.1) is 23.7 Å². The summed E-state index contributed by atoms with van der Waals surface area (Å²) in [5.74, 6) is 0. The lowest BCUT2D eigenvalue weighted by atomic mass is 10.0. The molecule has 21 heavy (non-hydrogen) atoms. The van der Waals surface area contributed by atoms with Crippen molar-refractivity contribution in [3.05, 3.63) is 59.4 Å². The zero-order valence-electron chi connectivity index (χ0n) is 12.5. The lowest BCUT2D eigenvalue weighted by molar-refractivity contribution is 0.169. The second kappa shape index (κ2) is 6.27. The maximum absolute atomic E-state index is 9.83. The van der Waals surface area contributed by atoms with Crippen LogP contribution in [0.4, 0.5) is 5.69 Å². The number of aromatic nitrogens is 1. The maximum atomic E-state index is 9.83. The molecule has 0 radical (unpaired) electrons. The van der Waals surface area contributed by atoms with Crippen LogP contribution in [0.5, 0.6) is 0 Å². The molecule has 0 saturated heterocycles. The molecule has 0 amide bonds. The molecule has 110 valence electrons. The number of rotatable bonds is 3. The fraction of sp³-hybridized carbons (Fsp3) is 0.389. The Bertz CT molecular complexity index is 594. The van der Waals surface area contributed by atoms with Crippen LogP contribution in [0.1, 0.15) is 42.7 Å². The Hall–Kier alpha value is -1.87. The van der Waals surface area contributed by atoms with Crippen LogP contribution in [-0.2, 0) is 13.0 Å². The summed E-state index contributed by atoms with van der Waals surface area (Å²) in [6.07, 6.45) is 4.44. The van der Waals surface area contributed by atoms with Crippen LogP contribution >= 0.6 is 0 Å². The predicted molar refractivity (Wildman–Crippen MR) is 85.3 cm³/mol. The van der Waals surface area contributed by atoms with Crippen molar-refractivity contribution in [2.24, 2.45) is 0 Å². The number of aliphatic hydroxyl groups excluding tert-OH is 1. The Kier molecular flexibility index (Phi) is 4.20. The van der Waals surface area contributed by atoms with Crippen molar-refractivity contribution in [2.75, 3.05) is 11.4 Å². The minimum atomic E-state index is -0.455. The van der Waals surface area contributed by atoms with Gasteiger partial charge in [-0.25, -0.2) is 0 Å². The van der Waals surface area contributed by atoms with Crippen LogP contribution in [0.3, 0.4) is 0 Å². The van der Waals surface area contributed by atoms with E-state index < -0.39 is 6.10 Å². The van der Waals surface area contributed by atoms with E-state index in [4.69, 9.17) is 0 Å². The highest BCUT2D eigenvalue weighted by Crippen LogP contribution is 2.24. The summed E-state index contributed by atoms with van der Waals surface area (Å²) < 4.78 is 0. The third kappa shape index (κ3) is 3.08. The summed E-state index contributed by atoms with van der Waals surface area (Å²) in [5.41, 5.74) is 4.77. The number of aliphatic hydroxyl groups is 1. The molecule has 1 atom stereocenters. The van der Waals surface area contributed by atoms with Crippen LogP contribution in [0.15, 0.2) is 42.6 Å². The number of nitrogens with zero attached hydrogens (tertiary/aromatic N) is 2.